The van der Waals surface area contributed by atoms with E-state index in [1.165, 1.54) is 6.92 Å². The zero-order valence-corrected chi connectivity index (χ0v) is 11.1. The second-order valence-corrected chi connectivity index (χ2v) is 4.65. The van der Waals surface area contributed by atoms with Crippen LogP contribution < -0.4 is 10.1 Å². The van der Waals surface area contributed by atoms with E-state index >= 15 is 0 Å². The highest BCUT2D eigenvalue weighted by Crippen LogP contribution is 2.23. The third kappa shape index (κ3) is 3.76. The molecular formula is C14H20N2O3. The van der Waals surface area contributed by atoms with E-state index in [-0.39, 0.29) is 18.6 Å². The molecule has 0 radical (unpaired) electrons. The molecule has 0 saturated carbocycles. The number of carbonyl (C=O) groups is 1. The molecule has 0 aromatic heterocycles. The molecule has 2 N–H and O–H groups in total. The molecule has 0 aliphatic carbocycles. The summed E-state index contributed by atoms with van der Waals surface area (Å²) in [5, 5.41) is 12.9. The summed E-state index contributed by atoms with van der Waals surface area (Å²) < 4.78 is 5.00. The predicted molar refractivity (Wildman–Crippen MR) is 72.0 cm³/mol. The number of hydrogen-bond donors (Lipinski definition) is 2. The number of ether oxygens (including phenoxy) is 1. The number of piperazine rings is 1. The Hall–Kier alpha value is -1.43. The fourth-order valence-electron chi connectivity index (χ4n) is 2.35. The highest BCUT2D eigenvalue weighted by Gasteiger charge is 2.21. The first-order valence-electron chi connectivity index (χ1n) is 6.54. The lowest BCUT2D eigenvalue weighted by molar-refractivity contribution is -0.131. The van der Waals surface area contributed by atoms with Crippen LogP contribution in [0.3, 0.4) is 0 Å². The molecule has 0 unspecified atom stereocenters. The Bertz CT molecular complexity index is 413. The Morgan fingerprint density at radius 2 is 2.00 bits per heavy atom. The van der Waals surface area contributed by atoms with Crippen molar-refractivity contribution < 1.29 is 14.6 Å². The number of nitrogens with one attached hydrogen (secondary N) is 1. The van der Waals surface area contributed by atoms with Crippen LogP contribution in [0.2, 0.25) is 0 Å². The number of carbonyl (C=O) groups excluding carboxylic acids is 1. The third-order valence-electron chi connectivity index (χ3n) is 3.29. The third-order valence-corrected chi connectivity index (χ3v) is 3.29. The minimum atomic E-state index is -0.325. The molecule has 1 saturated heterocycles. The fourth-order valence-corrected chi connectivity index (χ4v) is 2.35. The molecular weight excluding hydrogens is 244 g/mol. The van der Waals surface area contributed by atoms with E-state index in [0.29, 0.717) is 5.75 Å². The summed E-state index contributed by atoms with van der Waals surface area (Å²) in [4.78, 5) is 13.1. The SMILES string of the molecule is CC(=O)Oc1ccc([C@H](CO)N2CCNCC2)cc1. The van der Waals surface area contributed by atoms with E-state index in [4.69, 9.17) is 4.74 Å². The minimum absolute atomic E-state index is 0.00785. The van der Waals surface area contributed by atoms with Crippen LogP contribution in [0.4, 0.5) is 0 Å². The van der Waals surface area contributed by atoms with Gasteiger partial charge in [0.1, 0.15) is 5.75 Å². The molecule has 5 nitrogen and oxygen atoms in total. The number of aliphatic hydroxyl groups is 1. The number of hydrogen-bond acceptors (Lipinski definition) is 5. The topological polar surface area (TPSA) is 61.8 Å². The van der Waals surface area contributed by atoms with Crippen molar-refractivity contribution in [2.45, 2.75) is 13.0 Å². The molecule has 0 bridgehead atoms. The molecule has 0 spiro atoms. The van der Waals surface area contributed by atoms with Gasteiger partial charge in [-0.05, 0) is 17.7 Å². The standard InChI is InChI=1S/C14H20N2O3/c1-11(18)19-13-4-2-12(3-5-13)14(10-17)16-8-6-15-7-9-16/h2-5,14-15,17H,6-10H2,1H3/t14-/m0/s1. The Morgan fingerprint density at radius 3 is 2.53 bits per heavy atom. The van der Waals surface area contributed by atoms with Gasteiger partial charge in [0.2, 0.25) is 0 Å². The first kappa shape index (κ1) is 14.0. The molecule has 1 aromatic rings. The Kier molecular flexibility index (Phi) is 4.90. The van der Waals surface area contributed by atoms with Gasteiger partial charge in [-0.2, -0.15) is 0 Å². The monoisotopic (exact) mass is 264 g/mol. The zero-order chi connectivity index (χ0) is 13.7. The maximum atomic E-state index is 10.9. The molecule has 0 amide bonds. The highest BCUT2D eigenvalue weighted by molar-refractivity contribution is 5.69. The number of benzene rings is 1. The van der Waals surface area contributed by atoms with Gasteiger partial charge in [0.15, 0.2) is 0 Å². The number of nitrogens with zero attached hydrogens (tertiary/aromatic N) is 1. The molecule has 5 heteroatoms. The van der Waals surface area contributed by atoms with Crippen LogP contribution in [0.15, 0.2) is 24.3 Å². The molecule has 2 rings (SSSR count). The van der Waals surface area contributed by atoms with Gasteiger partial charge >= 0.3 is 5.97 Å². The summed E-state index contributed by atoms with van der Waals surface area (Å²) in [5.41, 5.74) is 1.04. The van der Waals surface area contributed by atoms with Crippen molar-refractivity contribution in [2.75, 3.05) is 32.8 Å². The van der Waals surface area contributed by atoms with E-state index in [2.05, 4.69) is 10.2 Å². The second kappa shape index (κ2) is 6.65. The second-order valence-electron chi connectivity index (χ2n) is 4.65. The van der Waals surface area contributed by atoms with Gasteiger partial charge in [0.25, 0.3) is 0 Å². The smallest absolute Gasteiger partial charge is 0.308 e. The summed E-state index contributed by atoms with van der Waals surface area (Å²) in [6.07, 6.45) is 0. The van der Waals surface area contributed by atoms with Crippen LogP contribution in [-0.4, -0.2) is 48.8 Å². The van der Waals surface area contributed by atoms with E-state index < -0.39 is 0 Å². The summed E-state index contributed by atoms with van der Waals surface area (Å²) in [6, 6.07) is 7.35. The van der Waals surface area contributed by atoms with Crippen molar-refractivity contribution in [3.8, 4) is 5.75 Å². The molecule has 1 aliphatic heterocycles. The number of rotatable bonds is 4. The van der Waals surface area contributed by atoms with Gasteiger partial charge < -0.3 is 15.2 Å². The number of aliphatic hydroxyl groups excluding tert-OH is 1. The predicted octanol–water partition coefficient (Wildman–Crippen LogP) is 0.550. The molecule has 1 fully saturated rings. The van der Waals surface area contributed by atoms with Gasteiger partial charge in [-0.25, -0.2) is 0 Å². The molecule has 104 valence electrons. The highest BCUT2D eigenvalue weighted by atomic mass is 16.5. The van der Waals surface area contributed by atoms with Gasteiger partial charge in [0.05, 0.1) is 12.6 Å². The van der Waals surface area contributed by atoms with Crippen molar-refractivity contribution in [1.29, 1.82) is 0 Å². The fraction of sp³-hybridized carbons (Fsp3) is 0.500. The van der Waals surface area contributed by atoms with Gasteiger partial charge in [-0.15, -0.1) is 0 Å². The first-order chi connectivity index (χ1) is 9.20. The van der Waals surface area contributed by atoms with Gasteiger partial charge in [-0.1, -0.05) is 12.1 Å². The lowest BCUT2D eigenvalue weighted by Gasteiger charge is -2.34. The van der Waals surface area contributed by atoms with Crippen LogP contribution in [-0.2, 0) is 4.79 Å². The van der Waals surface area contributed by atoms with Crippen molar-refractivity contribution in [3.63, 3.8) is 0 Å². The Labute approximate surface area is 113 Å². The Balaban J connectivity index is 2.07. The summed E-state index contributed by atoms with van der Waals surface area (Å²) >= 11 is 0. The maximum absolute atomic E-state index is 10.9. The van der Waals surface area contributed by atoms with Crippen molar-refractivity contribution >= 4 is 5.97 Å². The zero-order valence-electron chi connectivity index (χ0n) is 11.1. The lowest BCUT2D eigenvalue weighted by atomic mass is 10.1. The van der Waals surface area contributed by atoms with E-state index in [0.717, 1.165) is 31.7 Å². The van der Waals surface area contributed by atoms with Crippen LogP contribution in [0, 0.1) is 0 Å². The maximum Gasteiger partial charge on any atom is 0.308 e. The summed E-state index contributed by atoms with van der Waals surface area (Å²) in [5.74, 6) is 0.210. The van der Waals surface area contributed by atoms with Crippen molar-refractivity contribution in [1.82, 2.24) is 10.2 Å². The van der Waals surface area contributed by atoms with Crippen LogP contribution in [0.1, 0.15) is 18.5 Å². The lowest BCUT2D eigenvalue weighted by Crippen LogP contribution is -2.46. The average molecular weight is 264 g/mol. The average Bonchev–Trinajstić information content (AvgIpc) is 2.42. The molecule has 1 aromatic carbocycles. The Morgan fingerprint density at radius 1 is 1.37 bits per heavy atom. The number of esters is 1. The van der Waals surface area contributed by atoms with E-state index in [1.807, 2.05) is 12.1 Å². The summed E-state index contributed by atoms with van der Waals surface area (Å²) in [6.45, 7) is 5.22. The quantitative estimate of drug-likeness (QED) is 0.614. The molecule has 1 aliphatic rings. The molecule has 1 atom stereocenters. The van der Waals surface area contributed by atoms with Crippen molar-refractivity contribution in [2.24, 2.45) is 0 Å². The van der Waals surface area contributed by atoms with Gasteiger partial charge in [-0.3, -0.25) is 9.69 Å². The molecule has 19 heavy (non-hydrogen) atoms. The van der Waals surface area contributed by atoms with Gasteiger partial charge in [0, 0.05) is 33.1 Å². The first-order valence-corrected chi connectivity index (χ1v) is 6.54. The molecule has 1 heterocycles. The van der Waals surface area contributed by atoms with Crippen LogP contribution >= 0.6 is 0 Å². The van der Waals surface area contributed by atoms with Crippen LogP contribution in [0.25, 0.3) is 0 Å². The van der Waals surface area contributed by atoms with Crippen molar-refractivity contribution in [3.05, 3.63) is 29.8 Å². The minimum Gasteiger partial charge on any atom is -0.427 e. The van der Waals surface area contributed by atoms with E-state index in [1.54, 1.807) is 12.1 Å². The largest absolute Gasteiger partial charge is 0.427 e. The van der Waals surface area contributed by atoms with E-state index in [9.17, 15) is 9.90 Å². The van der Waals surface area contributed by atoms with Crippen LogP contribution in [0.5, 0.6) is 5.75 Å². The normalized spacial score (nSPS) is 18.0. The summed E-state index contributed by atoms with van der Waals surface area (Å²) in [7, 11) is 0.